The standard InChI is InChI=1S/C27H41NO2SSi/c1-19(2)32(20(3)4,21(5)6)30-22(7)27-28-18-25(31-24-16-12-9-13-17-24)26(29-27)23-14-10-8-11-15-23/h8-17,19-22,25-28H,18H2,1-7H3/t22-,25-,26+,27-/m0/s1. The molecule has 1 saturated heterocycles. The number of ether oxygens (including phenoxy) is 1. The molecule has 5 heteroatoms. The molecule has 0 amide bonds. The molecule has 2 aromatic carbocycles. The zero-order valence-corrected chi connectivity index (χ0v) is 22.6. The molecule has 0 aromatic heterocycles. The van der Waals surface area contributed by atoms with Gasteiger partial charge >= 0.3 is 0 Å². The molecule has 4 atom stereocenters. The van der Waals surface area contributed by atoms with E-state index in [4.69, 9.17) is 9.16 Å². The summed E-state index contributed by atoms with van der Waals surface area (Å²) in [5.41, 5.74) is 2.90. The van der Waals surface area contributed by atoms with E-state index in [1.54, 1.807) is 0 Å². The summed E-state index contributed by atoms with van der Waals surface area (Å²) in [6.07, 6.45) is -0.0920. The Kier molecular flexibility index (Phi) is 9.04. The van der Waals surface area contributed by atoms with E-state index in [0.29, 0.717) is 21.9 Å². The van der Waals surface area contributed by atoms with Gasteiger partial charge in [0.05, 0.1) is 17.5 Å². The van der Waals surface area contributed by atoms with Crippen LogP contribution in [-0.4, -0.2) is 32.4 Å². The molecule has 2 aromatic rings. The van der Waals surface area contributed by atoms with Crippen LogP contribution in [0.2, 0.25) is 16.6 Å². The zero-order chi connectivity index (χ0) is 23.3. The lowest BCUT2D eigenvalue weighted by Gasteiger charge is -2.47. The van der Waals surface area contributed by atoms with Crippen molar-refractivity contribution in [3.8, 4) is 0 Å². The van der Waals surface area contributed by atoms with Crippen molar-refractivity contribution in [3.63, 3.8) is 0 Å². The van der Waals surface area contributed by atoms with Crippen molar-refractivity contribution in [2.24, 2.45) is 0 Å². The first-order valence-electron chi connectivity index (χ1n) is 12.1. The van der Waals surface area contributed by atoms with Crippen molar-refractivity contribution in [2.75, 3.05) is 6.54 Å². The Bertz CT molecular complexity index is 793. The fourth-order valence-electron chi connectivity index (χ4n) is 5.41. The van der Waals surface area contributed by atoms with E-state index in [2.05, 4.69) is 114 Å². The van der Waals surface area contributed by atoms with Gasteiger partial charge in [-0.3, -0.25) is 5.32 Å². The van der Waals surface area contributed by atoms with Crippen LogP contribution in [0, 0.1) is 0 Å². The van der Waals surface area contributed by atoms with Crippen LogP contribution in [0.1, 0.15) is 60.1 Å². The Morgan fingerprint density at radius 2 is 1.38 bits per heavy atom. The Labute approximate surface area is 200 Å². The lowest BCUT2D eigenvalue weighted by molar-refractivity contribution is -0.107. The van der Waals surface area contributed by atoms with Crippen LogP contribution in [0.25, 0.3) is 0 Å². The van der Waals surface area contributed by atoms with E-state index >= 15 is 0 Å². The van der Waals surface area contributed by atoms with Crippen LogP contribution in [0.4, 0.5) is 0 Å². The number of thioether (sulfide) groups is 1. The number of benzene rings is 2. The summed E-state index contributed by atoms with van der Waals surface area (Å²) in [6, 6.07) is 21.3. The van der Waals surface area contributed by atoms with Gasteiger partial charge in [0.2, 0.25) is 8.32 Å². The van der Waals surface area contributed by atoms with Crippen molar-refractivity contribution in [2.45, 2.75) is 93.7 Å². The zero-order valence-electron chi connectivity index (χ0n) is 20.7. The molecule has 0 bridgehead atoms. The van der Waals surface area contributed by atoms with Crippen molar-refractivity contribution in [3.05, 3.63) is 66.2 Å². The molecule has 1 fully saturated rings. The van der Waals surface area contributed by atoms with E-state index in [9.17, 15) is 0 Å². The smallest absolute Gasteiger partial charge is 0.200 e. The second-order valence-electron chi connectivity index (χ2n) is 9.91. The average Bonchev–Trinajstić information content (AvgIpc) is 2.78. The molecule has 1 N–H and O–H groups in total. The fourth-order valence-corrected chi connectivity index (χ4v) is 12.2. The van der Waals surface area contributed by atoms with Crippen LogP contribution in [-0.2, 0) is 9.16 Å². The minimum atomic E-state index is -1.98. The van der Waals surface area contributed by atoms with E-state index in [0.717, 1.165) is 6.54 Å². The SMILES string of the molecule is CC(C)[Si](O[C@@H](C)[C@H]1NC[C@H](Sc2ccccc2)[C@@H](c2ccccc2)O1)(C(C)C)C(C)C. The average molecular weight is 472 g/mol. The maximum Gasteiger partial charge on any atom is 0.200 e. The highest BCUT2D eigenvalue weighted by Crippen LogP contribution is 2.44. The highest BCUT2D eigenvalue weighted by Gasteiger charge is 2.48. The molecule has 0 aliphatic carbocycles. The van der Waals surface area contributed by atoms with Crippen molar-refractivity contribution in [1.29, 1.82) is 0 Å². The summed E-state index contributed by atoms with van der Waals surface area (Å²) >= 11 is 1.89. The predicted molar refractivity (Wildman–Crippen MR) is 140 cm³/mol. The molecule has 0 saturated carbocycles. The van der Waals surface area contributed by atoms with E-state index < -0.39 is 8.32 Å². The summed E-state index contributed by atoms with van der Waals surface area (Å²) in [7, 11) is -1.98. The Morgan fingerprint density at radius 3 is 1.91 bits per heavy atom. The highest BCUT2D eigenvalue weighted by atomic mass is 32.2. The summed E-state index contributed by atoms with van der Waals surface area (Å²) in [4.78, 5) is 1.28. The first kappa shape index (κ1) is 25.5. The van der Waals surface area contributed by atoms with E-state index in [1.165, 1.54) is 10.5 Å². The molecule has 0 unspecified atom stereocenters. The van der Waals surface area contributed by atoms with Gasteiger partial charge in [-0.15, -0.1) is 11.8 Å². The third kappa shape index (κ3) is 5.68. The fraction of sp³-hybridized carbons (Fsp3) is 0.556. The van der Waals surface area contributed by atoms with Crippen molar-refractivity contribution in [1.82, 2.24) is 5.32 Å². The normalized spacial score (nSPS) is 23.1. The van der Waals surface area contributed by atoms with Crippen LogP contribution in [0.3, 0.4) is 0 Å². The van der Waals surface area contributed by atoms with Gasteiger partial charge in [-0.1, -0.05) is 90.1 Å². The quantitative estimate of drug-likeness (QED) is 0.386. The van der Waals surface area contributed by atoms with Crippen LogP contribution < -0.4 is 5.32 Å². The summed E-state index contributed by atoms with van der Waals surface area (Å²) in [5.74, 6) is 0. The molecule has 0 spiro atoms. The minimum absolute atomic E-state index is 0.00255. The third-order valence-corrected chi connectivity index (χ3v) is 14.3. The van der Waals surface area contributed by atoms with Crippen LogP contribution in [0.15, 0.2) is 65.6 Å². The monoisotopic (exact) mass is 471 g/mol. The molecule has 3 rings (SSSR count). The van der Waals surface area contributed by atoms with E-state index in [1.807, 2.05) is 11.8 Å². The van der Waals surface area contributed by atoms with Gasteiger partial charge in [-0.05, 0) is 41.2 Å². The first-order chi connectivity index (χ1) is 15.3. The Balaban J connectivity index is 1.81. The first-order valence-corrected chi connectivity index (χ1v) is 15.1. The van der Waals surface area contributed by atoms with Gasteiger partial charge in [-0.25, -0.2) is 0 Å². The van der Waals surface area contributed by atoms with Gasteiger partial charge in [0.1, 0.15) is 6.23 Å². The molecule has 3 nitrogen and oxygen atoms in total. The minimum Gasteiger partial charge on any atom is -0.409 e. The lowest BCUT2D eigenvalue weighted by atomic mass is 10.0. The van der Waals surface area contributed by atoms with Gasteiger partial charge < -0.3 is 9.16 Å². The Hall–Kier alpha value is -1.11. The second kappa shape index (κ2) is 11.3. The number of hydrogen-bond acceptors (Lipinski definition) is 4. The molecular weight excluding hydrogens is 430 g/mol. The summed E-state index contributed by atoms with van der Waals surface area (Å²) < 4.78 is 13.8. The molecule has 32 heavy (non-hydrogen) atoms. The maximum absolute atomic E-state index is 7.04. The van der Waals surface area contributed by atoms with Gasteiger partial charge in [0.15, 0.2) is 0 Å². The highest BCUT2D eigenvalue weighted by molar-refractivity contribution is 8.00. The molecule has 0 radical (unpaired) electrons. The number of nitrogens with one attached hydrogen (secondary N) is 1. The Morgan fingerprint density at radius 1 is 0.844 bits per heavy atom. The van der Waals surface area contributed by atoms with Crippen LogP contribution >= 0.6 is 11.8 Å². The van der Waals surface area contributed by atoms with Crippen molar-refractivity contribution < 1.29 is 9.16 Å². The summed E-state index contributed by atoms with van der Waals surface area (Å²) in [5, 5.41) is 3.98. The van der Waals surface area contributed by atoms with Crippen LogP contribution in [0.5, 0.6) is 0 Å². The molecule has 1 aliphatic rings. The number of hydrogen-bond donors (Lipinski definition) is 1. The summed E-state index contributed by atoms with van der Waals surface area (Å²) in [6.45, 7) is 17.1. The van der Waals surface area contributed by atoms with E-state index in [-0.39, 0.29) is 18.4 Å². The predicted octanol–water partition coefficient (Wildman–Crippen LogP) is 7.42. The topological polar surface area (TPSA) is 30.5 Å². The van der Waals surface area contributed by atoms with Crippen molar-refractivity contribution >= 4 is 20.1 Å². The van der Waals surface area contributed by atoms with Gasteiger partial charge in [-0.2, -0.15) is 0 Å². The molecule has 1 aliphatic heterocycles. The molecule has 176 valence electrons. The number of rotatable bonds is 9. The lowest BCUT2D eigenvalue weighted by Crippen LogP contribution is -2.57. The second-order valence-corrected chi connectivity index (χ2v) is 16.6. The molecular formula is C27H41NO2SSi. The maximum atomic E-state index is 7.04. The largest absolute Gasteiger partial charge is 0.409 e. The van der Waals surface area contributed by atoms with Gasteiger partial charge in [0.25, 0.3) is 0 Å². The molecule has 1 heterocycles. The van der Waals surface area contributed by atoms with Gasteiger partial charge in [0, 0.05) is 11.4 Å². The third-order valence-electron chi connectivity index (χ3n) is 6.83.